The lowest BCUT2D eigenvalue weighted by molar-refractivity contribution is -0.275. The first-order valence-electron chi connectivity index (χ1n) is 14.4. The maximum Gasteiger partial charge on any atom is 0.573 e. The fourth-order valence-electron chi connectivity index (χ4n) is 6.41. The minimum Gasteiger partial charge on any atom is -0.432 e. The van der Waals surface area contributed by atoms with Crippen molar-refractivity contribution in [3.05, 3.63) is 59.4 Å². The maximum atomic E-state index is 14.9. The molecular weight excluding hydrogens is 550 g/mol. The molecule has 2 aromatic rings. The molecule has 0 atom stereocenters. The van der Waals surface area contributed by atoms with Crippen LogP contribution in [0.4, 0.5) is 26.3 Å². The van der Waals surface area contributed by atoms with E-state index in [1.165, 1.54) is 5.56 Å². The molecule has 2 aliphatic carbocycles. The maximum absolute atomic E-state index is 14.9. The zero-order chi connectivity index (χ0) is 29.2. The van der Waals surface area contributed by atoms with Crippen LogP contribution in [0.5, 0.6) is 11.5 Å². The van der Waals surface area contributed by atoms with E-state index in [9.17, 15) is 26.3 Å². The Morgan fingerprint density at radius 2 is 1.24 bits per heavy atom. The number of benzene rings is 2. The third kappa shape index (κ3) is 7.69. The van der Waals surface area contributed by atoms with Crippen molar-refractivity contribution in [1.29, 1.82) is 0 Å². The highest BCUT2D eigenvalue weighted by Gasteiger charge is 2.44. The second-order valence-electron chi connectivity index (χ2n) is 11.8. The van der Waals surface area contributed by atoms with Crippen molar-refractivity contribution in [2.45, 2.75) is 88.9 Å². The number of hydrogen-bond acceptors (Lipinski definition) is 4. The molecule has 0 unspecified atom stereocenters. The molecule has 0 bridgehead atoms. The van der Waals surface area contributed by atoms with Crippen LogP contribution in [-0.4, -0.2) is 32.0 Å². The van der Waals surface area contributed by atoms with Crippen molar-refractivity contribution in [2.24, 2.45) is 17.8 Å². The van der Waals surface area contributed by atoms with E-state index in [0.29, 0.717) is 42.7 Å². The third-order valence-electron chi connectivity index (χ3n) is 8.71. The molecule has 4 nitrogen and oxygen atoms in total. The van der Waals surface area contributed by atoms with Gasteiger partial charge in [-0.1, -0.05) is 31.2 Å². The summed E-state index contributed by atoms with van der Waals surface area (Å²) in [7, 11) is 0. The Hall–Kier alpha value is -2.46. The lowest BCUT2D eigenvalue weighted by Gasteiger charge is -2.37. The van der Waals surface area contributed by atoms with Gasteiger partial charge in [0.05, 0.1) is 19.1 Å². The number of alkyl halides is 5. The molecule has 2 aromatic carbocycles. The van der Waals surface area contributed by atoms with Crippen LogP contribution in [0.2, 0.25) is 0 Å². The molecule has 1 saturated heterocycles. The molecule has 0 spiro atoms. The fourth-order valence-corrected chi connectivity index (χ4v) is 6.41. The van der Waals surface area contributed by atoms with E-state index in [1.807, 2.05) is 0 Å². The van der Waals surface area contributed by atoms with Crippen LogP contribution >= 0.6 is 0 Å². The van der Waals surface area contributed by atoms with Crippen molar-refractivity contribution in [2.75, 3.05) is 13.2 Å². The fraction of sp³-hybridized carbons (Fsp3) is 0.613. The molecular formula is C31H36F6O4. The minimum atomic E-state index is -5.09. The first-order chi connectivity index (χ1) is 19.5. The highest BCUT2D eigenvalue weighted by Crippen LogP contribution is 2.44. The van der Waals surface area contributed by atoms with Gasteiger partial charge in [-0.15, -0.1) is 13.2 Å². The number of halogens is 6. The molecule has 3 aliphatic rings. The molecule has 0 N–H and O–H groups in total. The molecule has 226 valence electrons. The third-order valence-corrected chi connectivity index (χ3v) is 8.71. The molecule has 2 saturated carbocycles. The van der Waals surface area contributed by atoms with Crippen molar-refractivity contribution in [3.63, 3.8) is 0 Å². The normalized spacial score (nSPS) is 29.6. The smallest absolute Gasteiger partial charge is 0.432 e. The number of ether oxygens (including phenoxy) is 4. The Bertz CT molecular complexity index is 1130. The number of hydrogen-bond donors (Lipinski definition) is 0. The van der Waals surface area contributed by atoms with Gasteiger partial charge in [0.2, 0.25) is 0 Å². The zero-order valence-electron chi connectivity index (χ0n) is 23.0. The summed E-state index contributed by atoms with van der Waals surface area (Å²) < 4.78 is 101. The molecule has 0 aromatic heterocycles. The largest absolute Gasteiger partial charge is 0.573 e. The van der Waals surface area contributed by atoms with E-state index < -0.39 is 35.7 Å². The zero-order valence-corrected chi connectivity index (χ0v) is 23.0. The average Bonchev–Trinajstić information content (AvgIpc) is 2.94. The van der Waals surface area contributed by atoms with Gasteiger partial charge in [-0.05, 0) is 86.5 Å². The van der Waals surface area contributed by atoms with Crippen LogP contribution in [0.25, 0.3) is 0 Å². The van der Waals surface area contributed by atoms with Crippen LogP contribution in [0, 0.1) is 23.6 Å². The van der Waals surface area contributed by atoms with Crippen molar-refractivity contribution in [1.82, 2.24) is 0 Å². The van der Waals surface area contributed by atoms with Gasteiger partial charge < -0.3 is 18.9 Å². The summed E-state index contributed by atoms with van der Waals surface area (Å²) in [6.07, 6.45) is -2.90. The Morgan fingerprint density at radius 3 is 1.76 bits per heavy atom. The quantitative estimate of drug-likeness (QED) is 0.304. The first-order valence-corrected chi connectivity index (χ1v) is 14.4. The molecule has 0 radical (unpaired) electrons. The van der Waals surface area contributed by atoms with Gasteiger partial charge in [0, 0.05) is 17.9 Å². The summed E-state index contributed by atoms with van der Waals surface area (Å²) in [6.45, 7) is 3.65. The Morgan fingerprint density at radius 1 is 0.707 bits per heavy atom. The average molecular weight is 587 g/mol. The minimum absolute atomic E-state index is 0.0815. The van der Waals surface area contributed by atoms with E-state index in [1.54, 1.807) is 0 Å². The number of rotatable bonds is 7. The summed E-state index contributed by atoms with van der Waals surface area (Å²) in [6, 6.07) is 10.5. The van der Waals surface area contributed by atoms with Crippen molar-refractivity contribution in [3.8, 4) is 11.5 Å². The SMILES string of the molecule is CC1COC(C2CCC(c3ccc(C4CCC(C(F)(F)Oc5ccc(OC(F)(F)F)c(F)c5)CC4)cc3)CC2)OC1. The van der Waals surface area contributed by atoms with E-state index in [-0.39, 0.29) is 25.0 Å². The van der Waals surface area contributed by atoms with E-state index in [4.69, 9.17) is 14.2 Å². The molecule has 1 aliphatic heterocycles. The van der Waals surface area contributed by atoms with Gasteiger partial charge in [0.25, 0.3) is 0 Å². The Kier molecular flexibility index (Phi) is 9.09. The van der Waals surface area contributed by atoms with Gasteiger partial charge in [-0.3, -0.25) is 0 Å². The lowest BCUT2D eigenvalue weighted by Crippen LogP contribution is -2.37. The molecule has 5 rings (SSSR count). The monoisotopic (exact) mass is 586 g/mol. The van der Waals surface area contributed by atoms with Gasteiger partial charge in [0.15, 0.2) is 17.9 Å². The summed E-state index contributed by atoms with van der Waals surface area (Å²) in [5.41, 5.74) is 2.43. The van der Waals surface area contributed by atoms with E-state index >= 15 is 0 Å². The van der Waals surface area contributed by atoms with Gasteiger partial charge in [-0.2, -0.15) is 8.78 Å². The standard InChI is InChI=1S/C31H36F6O4/c1-19-17-38-29(39-18-19)24-8-6-22(7-9-24)20-2-4-21(5-3-20)23-10-12-25(13-11-23)30(33,34)40-26-14-15-28(27(32)16-26)41-31(35,36)37/h2-5,14-16,19,22-25,29H,6-13,17-18H2,1H3. The van der Waals surface area contributed by atoms with E-state index in [0.717, 1.165) is 50.5 Å². The van der Waals surface area contributed by atoms with Crippen molar-refractivity contribution >= 4 is 0 Å². The van der Waals surface area contributed by atoms with Crippen LogP contribution in [0.3, 0.4) is 0 Å². The predicted molar refractivity (Wildman–Crippen MR) is 139 cm³/mol. The van der Waals surface area contributed by atoms with Gasteiger partial charge in [0.1, 0.15) is 5.75 Å². The van der Waals surface area contributed by atoms with Gasteiger partial charge >= 0.3 is 12.5 Å². The van der Waals surface area contributed by atoms with Crippen molar-refractivity contribution < 1.29 is 45.3 Å². The topological polar surface area (TPSA) is 36.9 Å². The highest BCUT2D eigenvalue weighted by atomic mass is 19.4. The highest BCUT2D eigenvalue weighted by molar-refractivity contribution is 5.33. The molecule has 3 fully saturated rings. The summed E-state index contributed by atoms with van der Waals surface area (Å²) in [4.78, 5) is 0. The van der Waals surface area contributed by atoms with Gasteiger partial charge in [-0.25, -0.2) is 4.39 Å². The van der Waals surface area contributed by atoms with E-state index in [2.05, 4.69) is 35.9 Å². The first kappa shape index (κ1) is 30.0. The lowest BCUT2D eigenvalue weighted by atomic mass is 9.76. The molecule has 0 amide bonds. The second-order valence-corrected chi connectivity index (χ2v) is 11.8. The Labute approximate surface area is 236 Å². The summed E-state index contributed by atoms with van der Waals surface area (Å²) >= 11 is 0. The summed E-state index contributed by atoms with van der Waals surface area (Å²) in [5, 5.41) is 0. The van der Waals surface area contributed by atoms with Crippen LogP contribution in [-0.2, 0) is 9.47 Å². The molecule has 10 heteroatoms. The molecule has 1 heterocycles. The van der Waals surface area contributed by atoms with Crippen LogP contribution in [0.15, 0.2) is 42.5 Å². The molecule has 41 heavy (non-hydrogen) atoms. The Balaban J connectivity index is 1.10. The van der Waals surface area contributed by atoms with Crippen LogP contribution < -0.4 is 9.47 Å². The van der Waals surface area contributed by atoms with Crippen LogP contribution in [0.1, 0.15) is 81.3 Å². The predicted octanol–water partition coefficient (Wildman–Crippen LogP) is 8.95. The summed E-state index contributed by atoms with van der Waals surface area (Å²) in [5.74, 6) is -2.63. The second kappa shape index (κ2) is 12.4.